The summed E-state index contributed by atoms with van der Waals surface area (Å²) in [6.45, 7) is 3.15. The van der Waals surface area contributed by atoms with Crippen LogP contribution in [-0.4, -0.2) is 26.3 Å². The Hall–Kier alpha value is -1.95. The van der Waals surface area contributed by atoms with Gasteiger partial charge < -0.3 is 15.2 Å². The van der Waals surface area contributed by atoms with Crippen molar-refractivity contribution in [2.24, 2.45) is 5.73 Å². The molecule has 0 aromatic carbocycles. The van der Waals surface area contributed by atoms with Gasteiger partial charge in [0.1, 0.15) is 12.1 Å². The summed E-state index contributed by atoms with van der Waals surface area (Å²) in [4.78, 5) is 7.18. The minimum atomic E-state index is 0.540. The summed E-state index contributed by atoms with van der Waals surface area (Å²) < 4.78 is 2.10. The van der Waals surface area contributed by atoms with Gasteiger partial charge in [-0.1, -0.05) is 0 Å². The summed E-state index contributed by atoms with van der Waals surface area (Å²) in [5.41, 5.74) is 9.72. The Morgan fingerprint density at radius 2 is 2.20 bits per heavy atom. The van der Waals surface area contributed by atoms with E-state index in [1.165, 1.54) is 17.7 Å². The summed E-state index contributed by atoms with van der Waals surface area (Å²) in [6, 6.07) is 2.25. The number of nitrogens with zero attached hydrogens (tertiary/aromatic N) is 5. The van der Waals surface area contributed by atoms with E-state index < -0.39 is 0 Å². The number of nitrogens with two attached hydrogens (primary N) is 1. The molecule has 2 N–H and O–H groups in total. The van der Waals surface area contributed by atoms with Crippen LogP contribution < -0.4 is 10.6 Å². The van der Waals surface area contributed by atoms with Gasteiger partial charge >= 0.3 is 0 Å². The van der Waals surface area contributed by atoms with Gasteiger partial charge in [-0.25, -0.2) is 4.98 Å². The SMILES string of the molecule is NCc1cc2c(nc1N1CCn3cnnc3C1)CCC2. The standard InChI is InChI=1S/C14H18N6/c15-7-11-6-10-2-1-3-12(10)17-14(11)19-4-5-20-9-16-18-13(20)8-19/h6,9H,1-5,7-8,15H2. The van der Waals surface area contributed by atoms with Crippen LogP contribution in [-0.2, 0) is 32.5 Å². The molecule has 0 spiro atoms. The Bertz CT molecular complexity index is 647. The zero-order chi connectivity index (χ0) is 13.5. The Morgan fingerprint density at radius 3 is 3.10 bits per heavy atom. The number of rotatable bonds is 2. The highest BCUT2D eigenvalue weighted by Crippen LogP contribution is 2.28. The molecule has 6 heteroatoms. The van der Waals surface area contributed by atoms with Crippen LogP contribution in [0.3, 0.4) is 0 Å². The average Bonchev–Trinajstić information content (AvgIpc) is 3.13. The maximum Gasteiger partial charge on any atom is 0.152 e. The molecule has 4 rings (SSSR count). The molecular formula is C14H18N6. The van der Waals surface area contributed by atoms with E-state index in [1.807, 2.05) is 0 Å². The smallest absolute Gasteiger partial charge is 0.152 e. The Balaban J connectivity index is 1.72. The van der Waals surface area contributed by atoms with Crippen molar-refractivity contribution < 1.29 is 0 Å². The third-order valence-corrected chi connectivity index (χ3v) is 4.27. The third kappa shape index (κ3) is 1.79. The largest absolute Gasteiger partial charge is 0.347 e. The number of fused-ring (bicyclic) bond motifs is 2. The Labute approximate surface area is 117 Å². The van der Waals surface area contributed by atoms with Crippen LogP contribution in [0.1, 0.15) is 29.1 Å². The van der Waals surface area contributed by atoms with Crippen molar-refractivity contribution in [1.29, 1.82) is 0 Å². The van der Waals surface area contributed by atoms with Crippen molar-refractivity contribution in [3.05, 3.63) is 35.0 Å². The predicted octanol–water partition coefficient (Wildman–Crippen LogP) is 0.641. The second-order valence-electron chi connectivity index (χ2n) is 5.50. The minimum Gasteiger partial charge on any atom is -0.347 e. The molecule has 0 fully saturated rings. The quantitative estimate of drug-likeness (QED) is 0.867. The van der Waals surface area contributed by atoms with Crippen LogP contribution in [0.4, 0.5) is 5.82 Å². The molecule has 2 aromatic rings. The first-order chi connectivity index (χ1) is 9.85. The highest BCUT2D eigenvalue weighted by atomic mass is 15.3. The number of pyridine rings is 1. The molecule has 1 aliphatic carbocycles. The summed E-state index contributed by atoms with van der Waals surface area (Å²) >= 11 is 0. The molecule has 0 bridgehead atoms. The fourth-order valence-corrected chi connectivity index (χ4v) is 3.18. The van der Waals surface area contributed by atoms with Gasteiger partial charge in [0.25, 0.3) is 0 Å². The topological polar surface area (TPSA) is 72.9 Å². The van der Waals surface area contributed by atoms with E-state index in [0.717, 1.165) is 49.7 Å². The summed E-state index contributed by atoms with van der Waals surface area (Å²) in [5.74, 6) is 2.05. The van der Waals surface area contributed by atoms with Gasteiger partial charge in [0.05, 0.1) is 6.54 Å². The zero-order valence-corrected chi connectivity index (χ0v) is 11.4. The van der Waals surface area contributed by atoms with E-state index in [2.05, 4.69) is 25.7 Å². The fourth-order valence-electron chi connectivity index (χ4n) is 3.18. The van der Waals surface area contributed by atoms with E-state index in [1.54, 1.807) is 6.33 Å². The van der Waals surface area contributed by atoms with Gasteiger partial charge in [-0.2, -0.15) is 0 Å². The van der Waals surface area contributed by atoms with Crippen LogP contribution in [0.25, 0.3) is 0 Å². The Morgan fingerprint density at radius 1 is 1.25 bits per heavy atom. The first kappa shape index (κ1) is 11.8. The summed E-state index contributed by atoms with van der Waals surface area (Å²) in [6.07, 6.45) is 5.25. The first-order valence-electron chi connectivity index (χ1n) is 7.18. The molecule has 2 aliphatic rings. The molecule has 0 radical (unpaired) electrons. The minimum absolute atomic E-state index is 0.540. The number of aromatic nitrogens is 4. The molecule has 0 amide bonds. The van der Waals surface area contributed by atoms with Crippen LogP contribution in [0.5, 0.6) is 0 Å². The number of anilines is 1. The van der Waals surface area contributed by atoms with Crippen LogP contribution in [0, 0.1) is 0 Å². The molecule has 0 saturated carbocycles. The second kappa shape index (κ2) is 4.56. The third-order valence-electron chi connectivity index (χ3n) is 4.27. The summed E-state index contributed by atoms with van der Waals surface area (Å²) in [5, 5.41) is 8.15. The van der Waals surface area contributed by atoms with Crippen molar-refractivity contribution in [1.82, 2.24) is 19.7 Å². The number of hydrogen-bond donors (Lipinski definition) is 1. The lowest BCUT2D eigenvalue weighted by molar-refractivity contribution is 0.554. The van der Waals surface area contributed by atoms with Crippen LogP contribution >= 0.6 is 0 Å². The highest BCUT2D eigenvalue weighted by Gasteiger charge is 2.23. The van der Waals surface area contributed by atoms with Crippen LogP contribution in [0.2, 0.25) is 0 Å². The maximum atomic E-state index is 5.93. The lowest BCUT2D eigenvalue weighted by Gasteiger charge is -2.30. The predicted molar refractivity (Wildman–Crippen MR) is 75.2 cm³/mol. The lowest BCUT2D eigenvalue weighted by atomic mass is 10.1. The zero-order valence-electron chi connectivity index (χ0n) is 11.4. The van der Waals surface area contributed by atoms with Gasteiger partial charge in [0.15, 0.2) is 5.82 Å². The van der Waals surface area contributed by atoms with Crippen LogP contribution in [0.15, 0.2) is 12.4 Å². The summed E-state index contributed by atoms with van der Waals surface area (Å²) in [7, 11) is 0. The normalized spacial score (nSPS) is 17.1. The lowest BCUT2D eigenvalue weighted by Crippen LogP contribution is -2.35. The van der Waals surface area contributed by atoms with Gasteiger partial charge in [-0.3, -0.25) is 0 Å². The second-order valence-corrected chi connectivity index (χ2v) is 5.50. The van der Waals surface area contributed by atoms with Crippen molar-refractivity contribution in [2.75, 3.05) is 11.4 Å². The fraction of sp³-hybridized carbons (Fsp3) is 0.500. The monoisotopic (exact) mass is 270 g/mol. The van der Waals surface area contributed by atoms with Crippen molar-refractivity contribution in [3.63, 3.8) is 0 Å². The molecule has 104 valence electrons. The first-order valence-corrected chi connectivity index (χ1v) is 7.18. The van der Waals surface area contributed by atoms with Gasteiger partial charge in [0, 0.05) is 30.9 Å². The van der Waals surface area contributed by atoms with E-state index in [4.69, 9.17) is 10.7 Å². The molecular weight excluding hydrogens is 252 g/mol. The van der Waals surface area contributed by atoms with Gasteiger partial charge in [0.2, 0.25) is 0 Å². The molecule has 0 atom stereocenters. The van der Waals surface area contributed by atoms with Gasteiger partial charge in [-0.15, -0.1) is 10.2 Å². The maximum absolute atomic E-state index is 5.93. The number of hydrogen-bond acceptors (Lipinski definition) is 5. The van der Waals surface area contributed by atoms with E-state index in [-0.39, 0.29) is 0 Å². The van der Waals surface area contributed by atoms with E-state index in [0.29, 0.717) is 6.54 Å². The highest BCUT2D eigenvalue weighted by molar-refractivity contribution is 5.51. The molecule has 1 aliphatic heterocycles. The molecule has 0 saturated heterocycles. The van der Waals surface area contributed by atoms with Crippen molar-refractivity contribution in [2.45, 2.75) is 38.9 Å². The molecule has 0 unspecified atom stereocenters. The van der Waals surface area contributed by atoms with E-state index >= 15 is 0 Å². The molecule has 3 heterocycles. The number of aryl methyl sites for hydroxylation is 2. The van der Waals surface area contributed by atoms with Gasteiger partial charge in [-0.05, 0) is 30.9 Å². The van der Waals surface area contributed by atoms with E-state index in [9.17, 15) is 0 Å². The van der Waals surface area contributed by atoms with Crippen molar-refractivity contribution in [3.8, 4) is 0 Å². The molecule has 2 aromatic heterocycles. The molecule has 6 nitrogen and oxygen atoms in total. The van der Waals surface area contributed by atoms with Crippen molar-refractivity contribution >= 4 is 5.82 Å². The Kier molecular flexibility index (Phi) is 2.70. The average molecular weight is 270 g/mol. The molecule has 20 heavy (non-hydrogen) atoms.